The zero-order valence-electron chi connectivity index (χ0n) is 21.5. The molecule has 2 atom stereocenters. The largest absolute Gasteiger partial charge is 0.493 e. The maximum absolute atomic E-state index is 13.5. The standard InChI is InChI=1S/C26H43N3O5/c1-6-7-13-27-25(30)17-21-10-11-22(18-28-21)29(19(2)3)26(31)20-9-12-23(33-5)24(16-20)34-15-8-14-32-4/h9,12,16,19,21-22,28H,6-8,10-11,13-15,17-18H2,1-5H3,(H,27,30)/t21-,22+/m0/s1. The molecule has 1 aromatic carbocycles. The second-order valence-electron chi connectivity index (χ2n) is 9.11. The lowest BCUT2D eigenvalue weighted by Crippen LogP contribution is -2.54. The summed E-state index contributed by atoms with van der Waals surface area (Å²) in [4.78, 5) is 27.6. The first kappa shape index (κ1) is 27.9. The van der Waals surface area contributed by atoms with E-state index < -0.39 is 0 Å². The molecule has 1 saturated heterocycles. The number of amides is 2. The highest BCUT2D eigenvalue weighted by molar-refractivity contribution is 5.95. The average Bonchev–Trinajstić information content (AvgIpc) is 2.83. The smallest absolute Gasteiger partial charge is 0.254 e. The van der Waals surface area contributed by atoms with Crippen molar-refractivity contribution in [1.29, 1.82) is 0 Å². The fraction of sp³-hybridized carbons (Fsp3) is 0.692. The number of carbonyl (C=O) groups is 2. The number of benzene rings is 1. The van der Waals surface area contributed by atoms with Gasteiger partial charge in [0.1, 0.15) is 0 Å². The van der Waals surface area contributed by atoms with Crippen LogP contribution in [0.15, 0.2) is 18.2 Å². The Bertz CT molecular complexity index is 763. The quantitative estimate of drug-likeness (QED) is 0.399. The van der Waals surface area contributed by atoms with Crippen LogP contribution in [0.3, 0.4) is 0 Å². The molecule has 8 heteroatoms. The number of piperidine rings is 1. The molecule has 34 heavy (non-hydrogen) atoms. The minimum absolute atomic E-state index is 0.0260. The zero-order valence-corrected chi connectivity index (χ0v) is 21.5. The second-order valence-corrected chi connectivity index (χ2v) is 9.11. The molecule has 0 saturated carbocycles. The van der Waals surface area contributed by atoms with Crippen molar-refractivity contribution in [3.63, 3.8) is 0 Å². The lowest BCUT2D eigenvalue weighted by atomic mass is 9.95. The van der Waals surface area contributed by atoms with E-state index >= 15 is 0 Å². The number of unbranched alkanes of at least 4 members (excludes halogenated alkanes) is 1. The molecular weight excluding hydrogens is 434 g/mol. The van der Waals surface area contributed by atoms with Crippen LogP contribution in [0.25, 0.3) is 0 Å². The van der Waals surface area contributed by atoms with Gasteiger partial charge in [0.15, 0.2) is 11.5 Å². The van der Waals surface area contributed by atoms with Crippen LogP contribution in [0.1, 0.15) is 69.7 Å². The van der Waals surface area contributed by atoms with E-state index in [1.54, 1.807) is 32.4 Å². The lowest BCUT2D eigenvalue weighted by molar-refractivity contribution is -0.121. The maximum atomic E-state index is 13.5. The lowest BCUT2D eigenvalue weighted by Gasteiger charge is -2.40. The van der Waals surface area contributed by atoms with Gasteiger partial charge in [-0.25, -0.2) is 0 Å². The van der Waals surface area contributed by atoms with E-state index in [0.717, 1.165) is 38.6 Å². The molecule has 0 radical (unpaired) electrons. The first-order valence-electron chi connectivity index (χ1n) is 12.5. The third-order valence-electron chi connectivity index (χ3n) is 6.12. The van der Waals surface area contributed by atoms with E-state index in [0.29, 0.717) is 43.2 Å². The van der Waals surface area contributed by atoms with Crippen LogP contribution < -0.4 is 20.1 Å². The van der Waals surface area contributed by atoms with Gasteiger partial charge in [-0.05, 0) is 51.3 Å². The highest BCUT2D eigenvalue weighted by atomic mass is 16.5. The Morgan fingerprint density at radius 3 is 2.56 bits per heavy atom. The summed E-state index contributed by atoms with van der Waals surface area (Å²) < 4.78 is 16.4. The number of nitrogens with one attached hydrogen (secondary N) is 2. The van der Waals surface area contributed by atoms with E-state index in [9.17, 15) is 9.59 Å². The SMILES string of the molecule is CCCCNC(=O)C[C@@H]1CC[C@@H](N(C(=O)c2ccc(OC)c(OCCCOC)c2)C(C)C)CN1. The van der Waals surface area contributed by atoms with Gasteiger partial charge in [0, 0.05) is 63.3 Å². The van der Waals surface area contributed by atoms with Crippen molar-refractivity contribution >= 4 is 11.8 Å². The Labute approximate surface area is 204 Å². The van der Waals surface area contributed by atoms with Gasteiger partial charge in [0.25, 0.3) is 5.91 Å². The first-order chi connectivity index (χ1) is 16.4. The number of carbonyl (C=O) groups excluding carboxylic acids is 2. The van der Waals surface area contributed by atoms with Gasteiger partial charge < -0.3 is 29.7 Å². The van der Waals surface area contributed by atoms with Crippen molar-refractivity contribution < 1.29 is 23.8 Å². The van der Waals surface area contributed by atoms with Crippen LogP contribution in [-0.4, -0.2) is 75.4 Å². The molecule has 2 N–H and O–H groups in total. The van der Waals surface area contributed by atoms with Crippen molar-refractivity contribution in [2.75, 3.05) is 40.5 Å². The summed E-state index contributed by atoms with van der Waals surface area (Å²) in [6.45, 7) is 8.69. The molecule has 1 aliphatic rings. The number of rotatable bonds is 14. The van der Waals surface area contributed by atoms with Gasteiger partial charge in [0.05, 0.1) is 13.7 Å². The molecule has 2 rings (SSSR count). The molecule has 0 spiro atoms. The fourth-order valence-corrected chi connectivity index (χ4v) is 4.29. The van der Waals surface area contributed by atoms with Gasteiger partial charge in [-0.2, -0.15) is 0 Å². The Hall–Kier alpha value is -2.32. The fourth-order valence-electron chi connectivity index (χ4n) is 4.29. The molecule has 1 heterocycles. The van der Waals surface area contributed by atoms with Gasteiger partial charge in [-0.3, -0.25) is 9.59 Å². The van der Waals surface area contributed by atoms with E-state index in [1.165, 1.54) is 0 Å². The van der Waals surface area contributed by atoms with Crippen LogP contribution in [0.2, 0.25) is 0 Å². The summed E-state index contributed by atoms with van der Waals surface area (Å²) in [5, 5.41) is 6.48. The normalized spacial score (nSPS) is 17.9. The summed E-state index contributed by atoms with van der Waals surface area (Å²) in [6, 6.07) is 5.60. The number of ether oxygens (including phenoxy) is 3. The zero-order chi connectivity index (χ0) is 24.9. The molecule has 0 aliphatic carbocycles. The highest BCUT2D eigenvalue weighted by Gasteiger charge is 2.31. The third-order valence-corrected chi connectivity index (χ3v) is 6.12. The predicted octanol–water partition coefficient (Wildman–Crippen LogP) is 3.39. The minimum Gasteiger partial charge on any atom is -0.493 e. The molecule has 0 aromatic heterocycles. The Kier molecular flexibility index (Phi) is 12.2. The molecule has 1 aromatic rings. The van der Waals surface area contributed by atoms with Crippen LogP contribution in [0.4, 0.5) is 0 Å². The molecule has 2 amide bonds. The van der Waals surface area contributed by atoms with Crippen molar-refractivity contribution in [3.8, 4) is 11.5 Å². The summed E-state index contributed by atoms with van der Waals surface area (Å²) in [5.41, 5.74) is 0.577. The van der Waals surface area contributed by atoms with Gasteiger partial charge in [-0.1, -0.05) is 13.3 Å². The monoisotopic (exact) mass is 477 g/mol. The molecule has 0 unspecified atom stereocenters. The number of hydrogen-bond donors (Lipinski definition) is 2. The van der Waals surface area contributed by atoms with Crippen LogP contribution in [0.5, 0.6) is 11.5 Å². The second kappa shape index (κ2) is 14.8. The van der Waals surface area contributed by atoms with Crippen LogP contribution in [0, 0.1) is 0 Å². The van der Waals surface area contributed by atoms with Crippen molar-refractivity contribution in [2.45, 2.75) is 77.4 Å². The van der Waals surface area contributed by atoms with E-state index in [2.05, 4.69) is 17.6 Å². The average molecular weight is 478 g/mol. The first-order valence-corrected chi connectivity index (χ1v) is 12.5. The highest BCUT2D eigenvalue weighted by Crippen LogP contribution is 2.30. The maximum Gasteiger partial charge on any atom is 0.254 e. The molecule has 192 valence electrons. The van der Waals surface area contributed by atoms with Gasteiger partial charge in [-0.15, -0.1) is 0 Å². The summed E-state index contributed by atoms with van der Waals surface area (Å²) >= 11 is 0. The minimum atomic E-state index is -0.0260. The van der Waals surface area contributed by atoms with Gasteiger partial charge in [0.2, 0.25) is 5.91 Å². The summed E-state index contributed by atoms with van der Waals surface area (Å²) in [5.74, 6) is 1.23. The topological polar surface area (TPSA) is 89.1 Å². The number of nitrogens with zero attached hydrogens (tertiary/aromatic N) is 1. The predicted molar refractivity (Wildman–Crippen MR) is 134 cm³/mol. The molecule has 1 aliphatic heterocycles. The molecular formula is C26H43N3O5. The van der Waals surface area contributed by atoms with Crippen molar-refractivity contribution in [3.05, 3.63) is 23.8 Å². The Morgan fingerprint density at radius 2 is 1.94 bits per heavy atom. The number of hydrogen-bond acceptors (Lipinski definition) is 6. The Morgan fingerprint density at radius 1 is 1.15 bits per heavy atom. The summed E-state index contributed by atoms with van der Waals surface area (Å²) in [6.07, 6.45) is 5.02. The molecule has 8 nitrogen and oxygen atoms in total. The van der Waals surface area contributed by atoms with Crippen LogP contribution in [-0.2, 0) is 9.53 Å². The van der Waals surface area contributed by atoms with E-state index in [-0.39, 0.29) is 29.9 Å². The van der Waals surface area contributed by atoms with Gasteiger partial charge >= 0.3 is 0 Å². The van der Waals surface area contributed by atoms with Crippen LogP contribution >= 0.6 is 0 Å². The van der Waals surface area contributed by atoms with Crippen molar-refractivity contribution in [2.24, 2.45) is 0 Å². The third kappa shape index (κ3) is 8.47. The van der Waals surface area contributed by atoms with E-state index in [1.807, 2.05) is 18.7 Å². The molecule has 0 bridgehead atoms. The number of methoxy groups -OCH3 is 2. The van der Waals surface area contributed by atoms with Crippen molar-refractivity contribution in [1.82, 2.24) is 15.5 Å². The summed E-state index contributed by atoms with van der Waals surface area (Å²) in [7, 11) is 3.25. The van der Waals surface area contributed by atoms with E-state index in [4.69, 9.17) is 14.2 Å². The molecule has 1 fully saturated rings. The Balaban J connectivity index is 2.01.